The number of anilines is 3. The Kier molecular flexibility index (Phi) is 5.22. The number of halogens is 3. The molecule has 6 nitrogen and oxygen atoms in total. The third-order valence-electron chi connectivity index (χ3n) is 3.62. The van der Waals surface area contributed by atoms with Gasteiger partial charge in [-0.15, -0.1) is 0 Å². The lowest BCUT2D eigenvalue weighted by Crippen LogP contribution is -2.14. The maximum absolute atomic E-state index is 12.8. The smallest absolute Gasteiger partial charge is 0.339 e. The van der Waals surface area contributed by atoms with Gasteiger partial charge in [0.05, 0.1) is 29.6 Å². The molecule has 3 aromatic rings. The van der Waals surface area contributed by atoms with Crippen LogP contribution in [0.5, 0.6) is 0 Å². The van der Waals surface area contributed by atoms with Gasteiger partial charge in [-0.3, -0.25) is 4.79 Å². The van der Waals surface area contributed by atoms with Gasteiger partial charge in [0.15, 0.2) is 0 Å². The molecule has 1 heterocycles. The molecule has 0 spiro atoms. The van der Waals surface area contributed by atoms with Gasteiger partial charge in [-0.05, 0) is 42.5 Å². The normalized spacial score (nSPS) is 10.8. The Morgan fingerprint density at radius 3 is 2.36 bits per heavy atom. The quantitative estimate of drug-likeness (QED) is 0.698. The first-order valence-corrected chi connectivity index (χ1v) is 7.93. The Bertz CT molecular complexity index is 1030. The Morgan fingerprint density at radius 1 is 1.00 bits per heavy atom. The van der Waals surface area contributed by atoms with E-state index in [0.717, 1.165) is 12.1 Å². The van der Waals surface area contributed by atoms with Gasteiger partial charge >= 0.3 is 6.18 Å². The lowest BCUT2D eigenvalue weighted by molar-refractivity contribution is -0.137. The van der Waals surface area contributed by atoms with Crippen molar-refractivity contribution >= 4 is 23.1 Å². The SMILES string of the molecule is N#Cc1ccc(NC(=O)c2cnc(Nc3cccc(C(F)(F)F)c3)cn2)cc1. The van der Waals surface area contributed by atoms with E-state index in [1.165, 1.54) is 24.5 Å². The Morgan fingerprint density at radius 2 is 1.75 bits per heavy atom. The van der Waals surface area contributed by atoms with E-state index in [9.17, 15) is 18.0 Å². The van der Waals surface area contributed by atoms with Gasteiger partial charge in [0.1, 0.15) is 11.5 Å². The molecule has 0 fully saturated rings. The molecular formula is C19H12F3N5O. The summed E-state index contributed by atoms with van der Waals surface area (Å²) in [5, 5.41) is 14.1. The fourth-order valence-corrected chi connectivity index (χ4v) is 2.25. The van der Waals surface area contributed by atoms with Crippen LogP contribution in [0.3, 0.4) is 0 Å². The Balaban J connectivity index is 1.67. The largest absolute Gasteiger partial charge is 0.416 e. The summed E-state index contributed by atoms with van der Waals surface area (Å²) in [5.41, 5.74) is 0.376. The number of nitrogens with zero attached hydrogens (tertiary/aromatic N) is 3. The molecule has 140 valence electrons. The third-order valence-corrected chi connectivity index (χ3v) is 3.62. The first kappa shape index (κ1) is 18.8. The molecule has 0 saturated carbocycles. The fraction of sp³-hybridized carbons (Fsp3) is 0.0526. The monoisotopic (exact) mass is 383 g/mol. The molecular weight excluding hydrogens is 371 g/mol. The average Bonchev–Trinajstić information content (AvgIpc) is 2.69. The van der Waals surface area contributed by atoms with Crippen molar-refractivity contribution in [3.05, 3.63) is 77.7 Å². The van der Waals surface area contributed by atoms with E-state index in [1.54, 1.807) is 24.3 Å². The molecule has 0 unspecified atom stereocenters. The van der Waals surface area contributed by atoms with Gasteiger partial charge in [0, 0.05) is 11.4 Å². The van der Waals surface area contributed by atoms with Crippen molar-refractivity contribution in [1.29, 1.82) is 5.26 Å². The van der Waals surface area contributed by atoms with Crippen LogP contribution in [-0.2, 0) is 6.18 Å². The molecule has 0 bridgehead atoms. The van der Waals surface area contributed by atoms with E-state index in [1.807, 2.05) is 6.07 Å². The first-order valence-electron chi connectivity index (χ1n) is 7.93. The topological polar surface area (TPSA) is 90.7 Å². The van der Waals surface area contributed by atoms with Crippen molar-refractivity contribution in [2.75, 3.05) is 10.6 Å². The number of nitriles is 1. The van der Waals surface area contributed by atoms with Gasteiger partial charge in [0.25, 0.3) is 5.91 Å². The maximum atomic E-state index is 12.8. The molecule has 0 aliphatic rings. The number of hydrogen-bond donors (Lipinski definition) is 2. The number of rotatable bonds is 4. The number of aromatic nitrogens is 2. The van der Waals surface area contributed by atoms with Crippen LogP contribution in [0, 0.1) is 11.3 Å². The summed E-state index contributed by atoms with van der Waals surface area (Å²) in [5.74, 6) is -0.322. The highest BCUT2D eigenvalue weighted by molar-refractivity contribution is 6.02. The summed E-state index contributed by atoms with van der Waals surface area (Å²) in [7, 11) is 0. The van der Waals surface area contributed by atoms with Crippen molar-refractivity contribution in [2.45, 2.75) is 6.18 Å². The van der Waals surface area contributed by atoms with Crippen LogP contribution >= 0.6 is 0 Å². The highest BCUT2D eigenvalue weighted by Gasteiger charge is 2.30. The van der Waals surface area contributed by atoms with Crippen LogP contribution in [0.1, 0.15) is 21.6 Å². The maximum Gasteiger partial charge on any atom is 0.416 e. The summed E-state index contributed by atoms with van der Waals surface area (Å²) < 4.78 is 38.3. The molecule has 0 radical (unpaired) electrons. The van der Waals surface area contributed by atoms with Crippen LogP contribution in [0.25, 0.3) is 0 Å². The molecule has 0 saturated heterocycles. The van der Waals surface area contributed by atoms with Gasteiger partial charge in [-0.2, -0.15) is 18.4 Å². The summed E-state index contributed by atoms with van der Waals surface area (Å²) in [6.07, 6.45) is -2.00. The predicted octanol–water partition coefficient (Wildman–Crippen LogP) is 4.36. The van der Waals surface area contributed by atoms with E-state index in [-0.39, 0.29) is 17.2 Å². The van der Waals surface area contributed by atoms with E-state index in [4.69, 9.17) is 5.26 Å². The second kappa shape index (κ2) is 7.75. The highest BCUT2D eigenvalue weighted by atomic mass is 19.4. The lowest BCUT2D eigenvalue weighted by atomic mass is 10.2. The predicted molar refractivity (Wildman–Crippen MR) is 95.9 cm³/mol. The van der Waals surface area contributed by atoms with E-state index >= 15 is 0 Å². The molecule has 28 heavy (non-hydrogen) atoms. The number of amides is 1. The number of hydrogen-bond acceptors (Lipinski definition) is 5. The van der Waals surface area contributed by atoms with E-state index < -0.39 is 17.6 Å². The average molecular weight is 383 g/mol. The minimum atomic E-state index is -4.45. The van der Waals surface area contributed by atoms with E-state index in [0.29, 0.717) is 11.3 Å². The minimum Gasteiger partial charge on any atom is -0.339 e. The summed E-state index contributed by atoms with van der Waals surface area (Å²) in [4.78, 5) is 20.1. The van der Waals surface area contributed by atoms with Crippen molar-refractivity contribution in [3.63, 3.8) is 0 Å². The third kappa shape index (κ3) is 4.62. The molecule has 0 atom stereocenters. The second-order valence-corrected chi connectivity index (χ2v) is 5.63. The van der Waals surface area contributed by atoms with Crippen molar-refractivity contribution in [3.8, 4) is 6.07 Å². The summed E-state index contributed by atoms with van der Waals surface area (Å²) in [6, 6.07) is 12.9. The fourth-order valence-electron chi connectivity index (χ4n) is 2.25. The number of carbonyl (C=O) groups is 1. The van der Waals surface area contributed by atoms with Crippen molar-refractivity contribution in [1.82, 2.24) is 9.97 Å². The van der Waals surface area contributed by atoms with Crippen molar-refractivity contribution in [2.24, 2.45) is 0 Å². The number of alkyl halides is 3. The number of carbonyl (C=O) groups excluding carboxylic acids is 1. The molecule has 1 amide bonds. The molecule has 1 aromatic heterocycles. The van der Waals surface area contributed by atoms with Crippen LogP contribution in [0.4, 0.5) is 30.4 Å². The molecule has 2 N–H and O–H groups in total. The number of nitrogens with one attached hydrogen (secondary N) is 2. The minimum absolute atomic E-state index is 0.0268. The van der Waals surface area contributed by atoms with Gasteiger partial charge in [-0.1, -0.05) is 6.07 Å². The highest BCUT2D eigenvalue weighted by Crippen LogP contribution is 2.31. The summed E-state index contributed by atoms with van der Waals surface area (Å²) in [6.45, 7) is 0. The van der Waals surface area contributed by atoms with Crippen LogP contribution in [0.15, 0.2) is 60.9 Å². The lowest BCUT2D eigenvalue weighted by Gasteiger charge is -2.10. The molecule has 2 aromatic carbocycles. The van der Waals surface area contributed by atoms with E-state index in [2.05, 4.69) is 20.6 Å². The zero-order chi connectivity index (χ0) is 20.1. The van der Waals surface area contributed by atoms with Gasteiger partial charge < -0.3 is 10.6 Å². The zero-order valence-electron chi connectivity index (χ0n) is 14.2. The second-order valence-electron chi connectivity index (χ2n) is 5.63. The first-order chi connectivity index (χ1) is 13.3. The Hall–Kier alpha value is -3.93. The Labute approximate surface area is 157 Å². The molecule has 9 heteroatoms. The standard InChI is InChI=1S/C19H12F3N5O/c20-19(21,22)13-2-1-3-15(8-13)26-17-11-24-16(10-25-17)18(28)27-14-6-4-12(9-23)5-7-14/h1-8,10-11H,(H,25,26)(H,27,28). The molecule has 3 rings (SSSR count). The number of benzene rings is 2. The van der Waals surface area contributed by atoms with Gasteiger partial charge in [-0.25, -0.2) is 9.97 Å². The van der Waals surface area contributed by atoms with Crippen LogP contribution in [0.2, 0.25) is 0 Å². The summed E-state index contributed by atoms with van der Waals surface area (Å²) >= 11 is 0. The van der Waals surface area contributed by atoms with Crippen LogP contribution in [-0.4, -0.2) is 15.9 Å². The van der Waals surface area contributed by atoms with Gasteiger partial charge in [0.2, 0.25) is 0 Å². The van der Waals surface area contributed by atoms with Crippen LogP contribution < -0.4 is 10.6 Å². The molecule has 0 aliphatic carbocycles. The zero-order valence-corrected chi connectivity index (χ0v) is 14.2. The molecule has 0 aliphatic heterocycles. The van der Waals surface area contributed by atoms with Crippen molar-refractivity contribution < 1.29 is 18.0 Å².